The molecule has 0 aliphatic rings. The zero-order valence-corrected chi connectivity index (χ0v) is 23.6. The molecule has 0 fully saturated rings. The normalized spacial score (nSPS) is 13.2. The van der Waals surface area contributed by atoms with Gasteiger partial charge in [-0.25, -0.2) is 0 Å². The molecular weight excluding hydrogens is 488 g/mol. The number of likely N-dealkylation sites (N-methyl/N-ethyl adjacent to an activating group) is 3. The van der Waals surface area contributed by atoms with Crippen LogP contribution in [0.4, 0.5) is 0 Å². The largest absolute Gasteiger partial charge is 0.357 e. The van der Waals surface area contributed by atoms with E-state index >= 15 is 0 Å². The number of nitrogens with two attached hydrogens (primary N) is 1. The maximum atomic E-state index is 14.1. The molecule has 3 amide bonds. The fraction of sp³-hybridized carbons (Fsp3) is 0.344. The van der Waals surface area contributed by atoms with Gasteiger partial charge < -0.3 is 20.9 Å². The standard InChI is InChI=1S/C32H40N4O3/c1-32(2,33)20-12-19-29(37)35(4)28(21-23-13-7-6-8-14-23)31(39)36(5)27(30(38)34-3)22-25-17-11-16-24-15-9-10-18-26(24)25/h6-19,27-28H,20-22,33H2,1-5H3,(H,34,38)/t27-,28-/m1/s1. The first-order valence-electron chi connectivity index (χ1n) is 13.2. The van der Waals surface area contributed by atoms with E-state index in [9.17, 15) is 14.4 Å². The van der Waals surface area contributed by atoms with Gasteiger partial charge in [0.15, 0.2) is 0 Å². The molecule has 3 rings (SSSR count). The van der Waals surface area contributed by atoms with E-state index in [4.69, 9.17) is 5.73 Å². The minimum absolute atomic E-state index is 0.267. The smallest absolute Gasteiger partial charge is 0.246 e. The Hall–Kier alpha value is -3.97. The van der Waals surface area contributed by atoms with E-state index < -0.39 is 17.6 Å². The number of nitrogens with zero attached hydrogens (tertiary/aromatic N) is 2. The SMILES string of the molecule is CNC(=O)[C@@H](Cc1cccc2ccccc12)N(C)C(=O)[C@@H](Cc1ccccc1)N(C)C(=O)C=CCC(C)(C)N. The third-order valence-electron chi connectivity index (χ3n) is 6.93. The average molecular weight is 529 g/mol. The fourth-order valence-electron chi connectivity index (χ4n) is 4.60. The summed E-state index contributed by atoms with van der Waals surface area (Å²) >= 11 is 0. The summed E-state index contributed by atoms with van der Waals surface area (Å²) in [4.78, 5) is 43.2. The third kappa shape index (κ3) is 8.01. The second kappa shape index (κ2) is 13.2. The van der Waals surface area contributed by atoms with E-state index in [1.807, 2.05) is 86.6 Å². The molecule has 3 aromatic carbocycles. The van der Waals surface area contributed by atoms with Gasteiger partial charge in [0.25, 0.3) is 0 Å². The lowest BCUT2D eigenvalue weighted by Crippen LogP contribution is -2.55. The van der Waals surface area contributed by atoms with E-state index in [1.165, 1.54) is 15.9 Å². The summed E-state index contributed by atoms with van der Waals surface area (Å²) in [5, 5.41) is 4.82. The van der Waals surface area contributed by atoms with Crippen molar-refractivity contribution < 1.29 is 14.4 Å². The molecule has 0 spiro atoms. The first kappa shape index (κ1) is 29.6. The maximum absolute atomic E-state index is 14.1. The summed E-state index contributed by atoms with van der Waals surface area (Å²) in [5.41, 5.74) is 7.49. The summed E-state index contributed by atoms with van der Waals surface area (Å²) in [6.07, 6.45) is 4.38. The van der Waals surface area contributed by atoms with Crippen molar-refractivity contribution in [3.8, 4) is 0 Å². The predicted molar refractivity (Wildman–Crippen MR) is 157 cm³/mol. The molecule has 0 aromatic heterocycles. The van der Waals surface area contributed by atoms with Crippen LogP contribution in [0.5, 0.6) is 0 Å². The highest BCUT2D eigenvalue weighted by Gasteiger charge is 2.34. The second-order valence-electron chi connectivity index (χ2n) is 10.7. The number of carbonyl (C=O) groups is 3. The first-order chi connectivity index (χ1) is 18.5. The van der Waals surface area contributed by atoms with E-state index in [0.29, 0.717) is 19.3 Å². The van der Waals surface area contributed by atoms with Crippen LogP contribution >= 0.6 is 0 Å². The lowest BCUT2D eigenvalue weighted by atomic mass is 9.96. The van der Waals surface area contributed by atoms with E-state index in [1.54, 1.807) is 27.2 Å². The molecule has 0 unspecified atom stereocenters. The Morgan fingerprint density at radius 1 is 0.872 bits per heavy atom. The minimum Gasteiger partial charge on any atom is -0.357 e. The van der Waals surface area contributed by atoms with Crippen LogP contribution in [0.1, 0.15) is 31.4 Å². The van der Waals surface area contributed by atoms with Crippen LogP contribution in [0.25, 0.3) is 10.8 Å². The monoisotopic (exact) mass is 528 g/mol. The van der Waals surface area contributed by atoms with Gasteiger partial charge in [-0.3, -0.25) is 14.4 Å². The van der Waals surface area contributed by atoms with Crippen LogP contribution < -0.4 is 11.1 Å². The summed E-state index contributed by atoms with van der Waals surface area (Å²) in [7, 11) is 4.83. The Balaban J connectivity index is 1.92. The third-order valence-corrected chi connectivity index (χ3v) is 6.93. The number of benzene rings is 3. The quantitative estimate of drug-likeness (QED) is 0.371. The number of hydrogen-bond acceptors (Lipinski definition) is 4. The number of nitrogens with one attached hydrogen (secondary N) is 1. The van der Waals surface area contributed by atoms with Gasteiger partial charge in [-0.2, -0.15) is 0 Å². The molecule has 39 heavy (non-hydrogen) atoms. The lowest BCUT2D eigenvalue weighted by Gasteiger charge is -2.34. The molecule has 0 aliphatic heterocycles. The van der Waals surface area contributed by atoms with Crippen molar-refractivity contribution in [3.05, 3.63) is 96.1 Å². The number of fused-ring (bicyclic) bond motifs is 1. The summed E-state index contributed by atoms with van der Waals surface area (Å²) in [6, 6.07) is 22.0. The van der Waals surface area contributed by atoms with Crippen molar-refractivity contribution in [2.45, 2.75) is 50.7 Å². The molecule has 0 radical (unpaired) electrons. The van der Waals surface area contributed by atoms with Crippen LogP contribution in [-0.2, 0) is 27.2 Å². The van der Waals surface area contributed by atoms with Gasteiger partial charge in [-0.05, 0) is 48.2 Å². The van der Waals surface area contributed by atoms with Crippen molar-refractivity contribution in [1.82, 2.24) is 15.1 Å². The van der Waals surface area contributed by atoms with E-state index in [2.05, 4.69) is 5.32 Å². The Morgan fingerprint density at radius 2 is 1.51 bits per heavy atom. The Kier molecular flexibility index (Phi) is 10.0. The number of amides is 3. The van der Waals surface area contributed by atoms with E-state index in [-0.39, 0.29) is 17.7 Å². The number of carbonyl (C=O) groups excluding carboxylic acids is 3. The van der Waals surface area contributed by atoms with Gasteiger partial charge >= 0.3 is 0 Å². The second-order valence-corrected chi connectivity index (χ2v) is 10.7. The van der Waals surface area contributed by atoms with Gasteiger partial charge in [0.1, 0.15) is 12.1 Å². The molecule has 0 aliphatic carbocycles. The Labute approximate surface area is 231 Å². The molecule has 0 heterocycles. The zero-order chi connectivity index (χ0) is 28.6. The zero-order valence-electron chi connectivity index (χ0n) is 23.6. The predicted octanol–water partition coefficient (Wildman–Crippen LogP) is 3.71. The number of rotatable bonds is 11. The summed E-state index contributed by atoms with van der Waals surface area (Å²) in [5.74, 6) is -0.875. The molecule has 3 aromatic rings. The highest BCUT2D eigenvalue weighted by molar-refractivity contribution is 5.95. The van der Waals surface area contributed by atoms with Crippen molar-refractivity contribution in [1.29, 1.82) is 0 Å². The van der Waals surface area contributed by atoms with Gasteiger partial charge in [0.2, 0.25) is 17.7 Å². The fourth-order valence-corrected chi connectivity index (χ4v) is 4.60. The Morgan fingerprint density at radius 3 is 2.18 bits per heavy atom. The molecule has 0 saturated heterocycles. The van der Waals surface area contributed by atoms with Crippen LogP contribution in [0, 0.1) is 0 Å². The lowest BCUT2D eigenvalue weighted by molar-refractivity contribution is -0.146. The molecule has 206 valence electrons. The van der Waals surface area contributed by atoms with Gasteiger partial charge in [0.05, 0.1) is 0 Å². The Bertz CT molecular complexity index is 1310. The summed E-state index contributed by atoms with van der Waals surface area (Å²) < 4.78 is 0. The molecule has 7 heteroatoms. The molecule has 2 atom stereocenters. The highest BCUT2D eigenvalue weighted by Crippen LogP contribution is 2.22. The van der Waals surface area contributed by atoms with E-state index in [0.717, 1.165) is 21.9 Å². The van der Waals surface area contributed by atoms with Crippen molar-refractivity contribution >= 4 is 28.5 Å². The van der Waals surface area contributed by atoms with Crippen LogP contribution in [0.2, 0.25) is 0 Å². The van der Waals surface area contributed by atoms with Crippen LogP contribution in [0.15, 0.2) is 84.9 Å². The molecular formula is C32H40N4O3. The molecule has 3 N–H and O–H groups in total. The average Bonchev–Trinajstić information content (AvgIpc) is 2.93. The van der Waals surface area contributed by atoms with Crippen LogP contribution in [0.3, 0.4) is 0 Å². The highest BCUT2D eigenvalue weighted by atomic mass is 16.2. The van der Waals surface area contributed by atoms with Gasteiger partial charge in [0, 0.05) is 39.5 Å². The van der Waals surface area contributed by atoms with Crippen molar-refractivity contribution in [3.63, 3.8) is 0 Å². The van der Waals surface area contributed by atoms with Gasteiger partial charge in [-0.1, -0.05) is 78.9 Å². The van der Waals surface area contributed by atoms with Crippen LogP contribution in [-0.4, -0.2) is 66.3 Å². The first-order valence-corrected chi connectivity index (χ1v) is 13.2. The topological polar surface area (TPSA) is 95.7 Å². The minimum atomic E-state index is -0.805. The van der Waals surface area contributed by atoms with Gasteiger partial charge in [-0.15, -0.1) is 0 Å². The molecule has 7 nitrogen and oxygen atoms in total. The molecule has 0 bridgehead atoms. The maximum Gasteiger partial charge on any atom is 0.246 e. The number of hydrogen-bond donors (Lipinski definition) is 2. The molecule has 0 saturated carbocycles. The van der Waals surface area contributed by atoms with Crippen molar-refractivity contribution in [2.24, 2.45) is 5.73 Å². The van der Waals surface area contributed by atoms with Crippen molar-refractivity contribution in [2.75, 3.05) is 21.1 Å². The summed E-state index contributed by atoms with van der Waals surface area (Å²) in [6.45, 7) is 3.77.